The number of hydrogen-bond acceptors (Lipinski definition) is 4. The molecule has 72 valence electrons. The fourth-order valence-corrected chi connectivity index (χ4v) is 2.80. The van der Waals surface area contributed by atoms with Crippen molar-refractivity contribution in [2.45, 2.75) is 15.8 Å². The van der Waals surface area contributed by atoms with E-state index in [-0.39, 0.29) is 0 Å². The van der Waals surface area contributed by atoms with Crippen molar-refractivity contribution in [1.29, 1.82) is 0 Å². The molecule has 0 atom stereocenters. The summed E-state index contributed by atoms with van der Waals surface area (Å²) < 4.78 is 1.26. The normalized spacial score (nSPS) is 10.4. The van der Waals surface area contributed by atoms with E-state index < -0.39 is 0 Å². The van der Waals surface area contributed by atoms with Gasteiger partial charge in [0.25, 0.3) is 0 Å². The summed E-state index contributed by atoms with van der Waals surface area (Å²) in [6, 6.07) is 8.11. The van der Waals surface area contributed by atoms with Crippen LogP contribution in [0.25, 0.3) is 0 Å². The van der Waals surface area contributed by atoms with Crippen molar-refractivity contribution in [3.05, 3.63) is 41.4 Å². The minimum absolute atomic E-state index is 0.570. The van der Waals surface area contributed by atoms with Crippen molar-refractivity contribution in [2.24, 2.45) is 5.73 Å². The van der Waals surface area contributed by atoms with Gasteiger partial charge in [0.05, 0.1) is 4.21 Å². The second-order valence-corrected chi connectivity index (χ2v) is 5.01. The molecule has 0 amide bonds. The number of nitrogens with two attached hydrogens (primary N) is 1. The molecule has 0 saturated heterocycles. The highest BCUT2D eigenvalue weighted by atomic mass is 32.2. The van der Waals surface area contributed by atoms with Crippen molar-refractivity contribution < 1.29 is 0 Å². The minimum atomic E-state index is 0.570. The molecule has 2 heterocycles. The van der Waals surface area contributed by atoms with Crippen LogP contribution >= 0.6 is 23.1 Å². The molecule has 0 aliphatic rings. The lowest BCUT2D eigenvalue weighted by Gasteiger charge is -1.99. The van der Waals surface area contributed by atoms with E-state index in [1.54, 1.807) is 29.3 Å². The van der Waals surface area contributed by atoms with Crippen molar-refractivity contribution in [2.75, 3.05) is 0 Å². The largest absolute Gasteiger partial charge is 0.326 e. The van der Waals surface area contributed by atoms with Gasteiger partial charge in [-0.25, -0.2) is 4.98 Å². The SMILES string of the molecule is NCc1ccnc(Sc2cccs2)c1. The second-order valence-electron chi connectivity index (χ2n) is 2.74. The second kappa shape index (κ2) is 4.59. The van der Waals surface area contributed by atoms with Gasteiger partial charge in [-0.2, -0.15) is 0 Å². The molecule has 0 saturated carbocycles. The lowest BCUT2D eigenvalue weighted by atomic mass is 10.3. The van der Waals surface area contributed by atoms with E-state index in [9.17, 15) is 0 Å². The van der Waals surface area contributed by atoms with Crippen LogP contribution in [0, 0.1) is 0 Å². The van der Waals surface area contributed by atoms with Gasteiger partial charge in [-0.3, -0.25) is 0 Å². The molecule has 14 heavy (non-hydrogen) atoms. The Kier molecular flexibility index (Phi) is 3.18. The fourth-order valence-electron chi connectivity index (χ4n) is 1.06. The third kappa shape index (κ3) is 2.35. The van der Waals surface area contributed by atoms with Crippen LogP contribution in [0.15, 0.2) is 45.1 Å². The molecule has 0 fully saturated rings. The standard InChI is InChI=1S/C10H10N2S2/c11-7-8-3-4-12-9(6-8)14-10-2-1-5-13-10/h1-6H,7,11H2. The van der Waals surface area contributed by atoms with E-state index >= 15 is 0 Å². The van der Waals surface area contributed by atoms with Gasteiger partial charge in [-0.1, -0.05) is 17.8 Å². The highest BCUT2D eigenvalue weighted by Crippen LogP contribution is 2.29. The van der Waals surface area contributed by atoms with E-state index in [0.717, 1.165) is 10.6 Å². The van der Waals surface area contributed by atoms with Crippen LogP contribution in [-0.2, 0) is 6.54 Å². The lowest BCUT2D eigenvalue weighted by Crippen LogP contribution is -1.96. The highest BCUT2D eigenvalue weighted by Gasteiger charge is 1.99. The zero-order valence-corrected chi connectivity index (χ0v) is 9.15. The Labute approximate surface area is 91.2 Å². The molecule has 0 spiro atoms. The number of rotatable bonds is 3. The molecule has 0 aliphatic carbocycles. The number of aromatic nitrogens is 1. The Hall–Kier alpha value is -0.840. The summed E-state index contributed by atoms with van der Waals surface area (Å²) >= 11 is 3.40. The molecule has 2 N–H and O–H groups in total. The molecular formula is C10H10N2S2. The molecule has 2 nitrogen and oxygen atoms in total. The topological polar surface area (TPSA) is 38.9 Å². The number of pyridine rings is 1. The quantitative estimate of drug-likeness (QED) is 0.868. The van der Waals surface area contributed by atoms with Crippen molar-refractivity contribution in [1.82, 2.24) is 4.98 Å². The minimum Gasteiger partial charge on any atom is -0.326 e. The average molecular weight is 222 g/mol. The van der Waals surface area contributed by atoms with E-state index in [2.05, 4.69) is 16.4 Å². The molecule has 2 rings (SSSR count). The van der Waals surface area contributed by atoms with Gasteiger partial charge in [-0.15, -0.1) is 11.3 Å². The predicted octanol–water partition coefficient (Wildman–Crippen LogP) is 2.75. The summed E-state index contributed by atoms with van der Waals surface area (Å²) in [6.45, 7) is 0.570. The maximum Gasteiger partial charge on any atom is 0.102 e. The van der Waals surface area contributed by atoms with Gasteiger partial charge in [0.1, 0.15) is 5.03 Å². The Morgan fingerprint density at radius 3 is 3.07 bits per heavy atom. The summed E-state index contributed by atoms with van der Waals surface area (Å²) in [5, 5.41) is 3.07. The van der Waals surface area contributed by atoms with Gasteiger partial charge in [-0.05, 0) is 29.1 Å². The molecule has 2 aromatic rings. The van der Waals surface area contributed by atoms with E-state index in [1.807, 2.05) is 18.2 Å². The molecule has 2 aromatic heterocycles. The number of hydrogen-bond donors (Lipinski definition) is 1. The van der Waals surface area contributed by atoms with Crippen molar-refractivity contribution >= 4 is 23.1 Å². The van der Waals surface area contributed by atoms with Gasteiger partial charge < -0.3 is 5.73 Å². The van der Waals surface area contributed by atoms with Gasteiger partial charge >= 0.3 is 0 Å². The molecule has 0 aliphatic heterocycles. The molecular weight excluding hydrogens is 212 g/mol. The molecule has 0 bridgehead atoms. The monoisotopic (exact) mass is 222 g/mol. The smallest absolute Gasteiger partial charge is 0.102 e. The fraction of sp³-hybridized carbons (Fsp3) is 0.100. The first-order valence-corrected chi connectivity index (χ1v) is 5.94. The Morgan fingerprint density at radius 1 is 1.43 bits per heavy atom. The van der Waals surface area contributed by atoms with E-state index in [1.165, 1.54) is 4.21 Å². The summed E-state index contributed by atoms with van der Waals surface area (Å²) in [4.78, 5) is 4.28. The summed E-state index contributed by atoms with van der Waals surface area (Å²) in [7, 11) is 0. The van der Waals surface area contributed by atoms with Gasteiger partial charge in [0.2, 0.25) is 0 Å². The average Bonchev–Trinajstić information content (AvgIpc) is 2.71. The van der Waals surface area contributed by atoms with Crippen LogP contribution in [0.3, 0.4) is 0 Å². The molecule has 0 aromatic carbocycles. The zero-order chi connectivity index (χ0) is 9.80. The van der Waals surface area contributed by atoms with E-state index in [0.29, 0.717) is 6.54 Å². The number of thiophene rings is 1. The van der Waals surface area contributed by atoms with Gasteiger partial charge in [0, 0.05) is 12.7 Å². The number of nitrogens with zero attached hydrogens (tertiary/aromatic N) is 1. The maximum atomic E-state index is 5.56. The molecule has 4 heteroatoms. The summed E-state index contributed by atoms with van der Waals surface area (Å²) in [5.41, 5.74) is 6.68. The van der Waals surface area contributed by atoms with Crippen LogP contribution in [0.1, 0.15) is 5.56 Å². The highest BCUT2D eigenvalue weighted by molar-refractivity contribution is 8.01. The lowest BCUT2D eigenvalue weighted by molar-refractivity contribution is 1.02. The summed E-state index contributed by atoms with van der Waals surface area (Å²) in [6.07, 6.45) is 1.80. The van der Waals surface area contributed by atoms with Crippen LogP contribution in [0.5, 0.6) is 0 Å². The Bertz CT molecular complexity index is 398. The third-order valence-electron chi connectivity index (χ3n) is 1.74. The van der Waals surface area contributed by atoms with Crippen molar-refractivity contribution in [3.8, 4) is 0 Å². The van der Waals surface area contributed by atoms with Crippen LogP contribution in [0.4, 0.5) is 0 Å². The first-order chi connectivity index (χ1) is 6.88. The zero-order valence-electron chi connectivity index (χ0n) is 7.51. The Balaban J connectivity index is 2.17. The first-order valence-electron chi connectivity index (χ1n) is 4.25. The van der Waals surface area contributed by atoms with Crippen LogP contribution in [0.2, 0.25) is 0 Å². The predicted molar refractivity (Wildman–Crippen MR) is 60.6 cm³/mol. The van der Waals surface area contributed by atoms with Crippen molar-refractivity contribution in [3.63, 3.8) is 0 Å². The first kappa shape index (κ1) is 9.71. The van der Waals surface area contributed by atoms with Crippen LogP contribution in [-0.4, -0.2) is 4.98 Å². The molecule has 0 unspecified atom stereocenters. The van der Waals surface area contributed by atoms with E-state index in [4.69, 9.17) is 5.73 Å². The Morgan fingerprint density at radius 2 is 2.36 bits per heavy atom. The third-order valence-corrected chi connectivity index (χ3v) is 3.71. The maximum absolute atomic E-state index is 5.56. The molecule has 0 radical (unpaired) electrons. The summed E-state index contributed by atoms with van der Waals surface area (Å²) in [5.74, 6) is 0. The van der Waals surface area contributed by atoms with Gasteiger partial charge in [0.15, 0.2) is 0 Å². The van der Waals surface area contributed by atoms with Crippen LogP contribution < -0.4 is 5.73 Å².